The summed E-state index contributed by atoms with van der Waals surface area (Å²) in [5.41, 5.74) is 1.76. The first-order chi connectivity index (χ1) is 10.2. The van der Waals surface area contributed by atoms with Gasteiger partial charge in [0, 0.05) is 11.1 Å². The number of rotatable bonds is 4. The molecule has 3 heterocycles. The summed E-state index contributed by atoms with van der Waals surface area (Å²) in [7, 11) is 0. The Morgan fingerprint density at radius 2 is 2.10 bits per heavy atom. The second kappa shape index (κ2) is 5.91. The van der Waals surface area contributed by atoms with Crippen LogP contribution in [0.15, 0.2) is 18.5 Å². The highest BCUT2D eigenvalue weighted by Crippen LogP contribution is 2.30. The van der Waals surface area contributed by atoms with E-state index in [4.69, 9.17) is 11.6 Å². The highest BCUT2D eigenvalue weighted by Gasteiger charge is 2.10. The first-order valence-electron chi connectivity index (χ1n) is 6.63. The minimum atomic E-state index is 0.254. The molecule has 0 radical (unpaired) electrons. The van der Waals surface area contributed by atoms with Crippen molar-refractivity contribution in [2.75, 3.05) is 5.32 Å². The lowest BCUT2D eigenvalue weighted by Crippen LogP contribution is -2.05. The number of thiophene rings is 1. The normalized spacial score (nSPS) is 11.0. The molecule has 5 nitrogen and oxygen atoms in total. The molecule has 21 heavy (non-hydrogen) atoms. The monoisotopic (exact) mass is 319 g/mol. The molecule has 0 bridgehead atoms. The first-order valence-corrected chi connectivity index (χ1v) is 7.82. The van der Waals surface area contributed by atoms with Crippen molar-refractivity contribution in [3.63, 3.8) is 0 Å². The Balaban J connectivity index is 1.88. The van der Waals surface area contributed by atoms with E-state index in [1.54, 1.807) is 23.7 Å². The van der Waals surface area contributed by atoms with Gasteiger partial charge in [0.1, 0.15) is 10.6 Å². The summed E-state index contributed by atoms with van der Waals surface area (Å²) in [6, 6.07) is 2.11. The van der Waals surface area contributed by atoms with Crippen LogP contribution in [0.3, 0.4) is 0 Å². The van der Waals surface area contributed by atoms with Gasteiger partial charge in [0.05, 0.1) is 29.5 Å². The van der Waals surface area contributed by atoms with E-state index in [2.05, 4.69) is 38.2 Å². The van der Waals surface area contributed by atoms with E-state index < -0.39 is 0 Å². The molecule has 108 valence electrons. The zero-order valence-electron chi connectivity index (χ0n) is 11.7. The second-order valence-corrected chi connectivity index (χ2v) is 6.08. The molecule has 0 aliphatic rings. The Labute approximate surface area is 131 Å². The van der Waals surface area contributed by atoms with Crippen LogP contribution in [0.1, 0.15) is 23.2 Å². The predicted molar refractivity (Wildman–Crippen MR) is 85.9 cm³/mol. The molecule has 0 saturated carbocycles. The Bertz CT molecular complexity index is 769. The van der Waals surface area contributed by atoms with E-state index in [-0.39, 0.29) is 5.28 Å². The van der Waals surface area contributed by atoms with Crippen molar-refractivity contribution < 1.29 is 0 Å². The summed E-state index contributed by atoms with van der Waals surface area (Å²) in [6.07, 6.45) is 4.48. The number of nitrogens with zero attached hydrogens (tertiary/aromatic N) is 4. The van der Waals surface area contributed by atoms with Crippen molar-refractivity contribution in [2.45, 2.75) is 26.8 Å². The topological polar surface area (TPSA) is 63.6 Å². The van der Waals surface area contributed by atoms with Crippen LogP contribution >= 0.6 is 22.9 Å². The third kappa shape index (κ3) is 3.11. The second-order valence-electron chi connectivity index (χ2n) is 4.63. The Morgan fingerprint density at radius 3 is 2.81 bits per heavy atom. The Hall–Kier alpha value is -1.79. The third-order valence-corrected chi connectivity index (χ3v) is 4.38. The lowest BCUT2D eigenvalue weighted by atomic mass is 10.3. The lowest BCUT2D eigenvalue weighted by Gasteiger charge is -2.06. The minimum Gasteiger partial charge on any atom is -0.364 e. The Kier molecular flexibility index (Phi) is 3.98. The molecule has 0 unspecified atom stereocenters. The van der Waals surface area contributed by atoms with E-state index in [9.17, 15) is 0 Å². The molecule has 7 heteroatoms. The molecule has 3 aromatic rings. The maximum atomic E-state index is 6.00. The van der Waals surface area contributed by atoms with Gasteiger partial charge in [-0.1, -0.05) is 6.92 Å². The molecular weight excluding hydrogens is 306 g/mol. The van der Waals surface area contributed by atoms with E-state index in [0.717, 1.165) is 33.8 Å². The number of fused-ring (bicyclic) bond motifs is 1. The molecule has 0 aliphatic heterocycles. The number of nitrogens with one attached hydrogen (secondary N) is 1. The number of halogens is 1. The van der Waals surface area contributed by atoms with Gasteiger partial charge in [0.25, 0.3) is 0 Å². The molecule has 0 spiro atoms. The van der Waals surface area contributed by atoms with Gasteiger partial charge < -0.3 is 5.32 Å². The van der Waals surface area contributed by atoms with E-state index in [1.165, 1.54) is 4.88 Å². The van der Waals surface area contributed by atoms with Gasteiger partial charge in [0.15, 0.2) is 0 Å². The zero-order valence-corrected chi connectivity index (χ0v) is 13.3. The van der Waals surface area contributed by atoms with Crippen molar-refractivity contribution >= 4 is 39.0 Å². The summed E-state index contributed by atoms with van der Waals surface area (Å²) in [5, 5.41) is 4.53. The molecule has 0 saturated heterocycles. The first kappa shape index (κ1) is 14.2. The SMILES string of the molecule is CCc1cc2c(NCc3cnc(C)cn3)nc(Cl)nc2s1. The molecule has 0 fully saturated rings. The highest BCUT2D eigenvalue weighted by molar-refractivity contribution is 7.18. The highest BCUT2D eigenvalue weighted by atomic mass is 35.5. The predicted octanol–water partition coefficient (Wildman–Crippen LogP) is 3.62. The quantitative estimate of drug-likeness (QED) is 0.744. The Morgan fingerprint density at radius 1 is 1.24 bits per heavy atom. The maximum Gasteiger partial charge on any atom is 0.225 e. The van der Waals surface area contributed by atoms with Crippen molar-refractivity contribution in [3.8, 4) is 0 Å². The summed E-state index contributed by atoms with van der Waals surface area (Å²) in [5.74, 6) is 0.739. The van der Waals surface area contributed by atoms with Crippen LogP contribution < -0.4 is 5.32 Å². The molecular formula is C14H14ClN5S. The summed E-state index contributed by atoms with van der Waals surface area (Å²) < 4.78 is 0. The summed E-state index contributed by atoms with van der Waals surface area (Å²) in [6.45, 7) is 4.58. The van der Waals surface area contributed by atoms with Crippen LogP contribution in [0.4, 0.5) is 5.82 Å². The van der Waals surface area contributed by atoms with Crippen LogP contribution in [-0.4, -0.2) is 19.9 Å². The van der Waals surface area contributed by atoms with Crippen molar-refractivity contribution in [1.82, 2.24) is 19.9 Å². The van der Waals surface area contributed by atoms with Gasteiger partial charge in [-0.05, 0) is 31.0 Å². The fourth-order valence-corrected chi connectivity index (χ4v) is 3.13. The van der Waals surface area contributed by atoms with E-state index >= 15 is 0 Å². The van der Waals surface area contributed by atoms with Gasteiger partial charge in [-0.15, -0.1) is 11.3 Å². The minimum absolute atomic E-state index is 0.254. The van der Waals surface area contributed by atoms with Gasteiger partial charge >= 0.3 is 0 Å². The fourth-order valence-electron chi connectivity index (χ4n) is 1.94. The van der Waals surface area contributed by atoms with Gasteiger partial charge in [0.2, 0.25) is 5.28 Å². The van der Waals surface area contributed by atoms with Crippen LogP contribution in [0, 0.1) is 6.92 Å². The van der Waals surface area contributed by atoms with Crippen molar-refractivity contribution in [1.29, 1.82) is 0 Å². The molecule has 0 atom stereocenters. The maximum absolute atomic E-state index is 6.00. The number of hydrogen-bond donors (Lipinski definition) is 1. The van der Waals surface area contributed by atoms with E-state index in [0.29, 0.717) is 6.54 Å². The molecule has 3 aromatic heterocycles. The molecule has 1 N–H and O–H groups in total. The standard InChI is InChI=1S/C14H14ClN5S/c1-3-10-4-11-12(19-14(15)20-13(11)21-10)18-7-9-6-16-8(2)5-17-9/h4-6H,3,7H2,1-2H3,(H,18,19,20). The van der Waals surface area contributed by atoms with Gasteiger partial charge in [-0.3, -0.25) is 9.97 Å². The van der Waals surface area contributed by atoms with Gasteiger partial charge in [-0.2, -0.15) is 0 Å². The largest absolute Gasteiger partial charge is 0.364 e. The fraction of sp³-hybridized carbons (Fsp3) is 0.286. The molecule has 0 amide bonds. The van der Waals surface area contributed by atoms with Gasteiger partial charge in [-0.25, -0.2) is 9.97 Å². The average Bonchev–Trinajstić information content (AvgIpc) is 2.89. The number of aryl methyl sites for hydroxylation is 2. The van der Waals surface area contributed by atoms with Crippen LogP contribution in [-0.2, 0) is 13.0 Å². The molecule has 3 rings (SSSR count). The van der Waals surface area contributed by atoms with Crippen molar-refractivity contribution in [2.24, 2.45) is 0 Å². The summed E-state index contributed by atoms with van der Waals surface area (Å²) >= 11 is 7.64. The zero-order chi connectivity index (χ0) is 14.8. The van der Waals surface area contributed by atoms with Crippen LogP contribution in [0.5, 0.6) is 0 Å². The molecule has 0 aromatic carbocycles. The van der Waals surface area contributed by atoms with Crippen LogP contribution in [0.25, 0.3) is 10.2 Å². The van der Waals surface area contributed by atoms with Crippen molar-refractivity contribution in [3.05, 3.63) is 40.0 Å². The molecule has 0 aliphatic carbocycles. The van der Waals surface area contributed by atoms with Crippen LogP contribution in [0.2, 0.25) is 5.28 Å². The third-order valence-electron chi connectivity index (χ3n) is 3.04. The number of aromatic nitrogens is 4. The average molecular weight is 320 g/mol. The smallest absolute Gasteiger partial charge is 0.225 e. The number of hydrogen-bond acceptors (Lipinski definition) is 6. The van der Waals surface area contributed by atoms with E-state index in [1.807, 2.05) is 6.92 Å². The lowest BCUT2D eigenvalue weighted by molar-refractivity contribution is 0.977. The summed E-state index contributed by atoms with van der Waals surface area (Å²) in [4.78, 5) is 19.3. The number of anilines is 1.